The fourth-order valence-corrected chi connectivity index (χ4v) is 2.82. The molecule has 34 heteroatoms. The molecule has 0 fully saturated rings. The van der Waals surface area contributed by atoms with E-state index in [4.69, 9.17) is 5.11 Å². The highest BCUT2D eigenvalue weighted by Crippen LogP contribution is 2.69. The maximum absolute atomic E-state index is 13.8. The summed E-state index contributed by atoms with van der Waals surface area (Å²) < 4.78 is 416. The van der Waals surface area contributed by atoms with Crippen LogP contribution >= 0.6 is 0 Å². The first-order valence-electron chi connectivity index (χ1n) is 10.5. The van der Waals surface area contributed by atoms with Crippen molar-refractivity contribution in [3.63, 3.8) is 0 Å². The number of carbonyl (C=O) groups is 2. The van der Waals surface area contributed by atoms with Crippen LogP contribution in [0.4, 0.5) is 136 Å². The van der Waals surface area contributed by atoms with Crippen LogP contribution in [0, 0.1) is 0 Å². The molecule has 0 spiro atoms. The normalized spacial score (nSPS) is 16.8. The van der Waals surface area contributed by atoms with E-state index in [9.17, 15) is 146 Å². The number of aliphatic carboxylic acids is 1. The summed E-state index contributed by atoms with van der Waals surface area (Å²) in [6.07, 6.45) is 0. The van der Waals surface area contributed by atoms with Gasteiger partial charge in [-0.1, -0.05) is 0 Å². The van der Waals surface area contributed by atoms with Crippen LogP contribution in [0.2, 0.25) is 0 Å². The standard InChI is InChI=1S/C17HF31O3/c18-1(49)3(19,20)5(23,24)7(27,28)9(31,32)11(35,36)13(39,40)15(43,44)17(47,48)16(45,46)14(41,42)12(37,38)10(33,34)8(29,30)6(25,26)4(21,22)2(50)51/h(H,50,51). The van der Waals surface area contributed by atoms with Gasteiger partial charge in [0.1, 0.15) is 0 Å². The first-order chi connectivity index (χ1) is 21.4. The minimum absolute atomic E-state index is 4.82. The summed E-state index contributed by atoms with van der Waals surface area (Å²) in [5, 5.41) is 7.66. The van der Waals surface area contributed by atoms with E-state index < -0.39 is 101 Å². The Bertz CT molecular complexity index is 1250. The number of rotatable bonds is 16. The molecular weight excluding hydrogens is 841 g/mol. The van der Waals surface area contributed by atoms with Gasteiger partial charge in [0.25, 0.3) is 0 Å². The average Bonchev–Trinajstić information content (AvgIpc) is 2.90. The number of halogens is 31. The SMILES string of the molecule is O=C(O)C(F)(F)C(F)(F)C(F)(F)C(F)(F)C(F)(F)C(F)(F)C(F)(F)C(F)(F)C(F)(F)C(F)(F)C(F)(F)C(F)(F)C(F)(F)C(F)(F)C(F)(F)C(=O)F. The fourth-order valence-electron chi connectivity index (χ4n) is 2.82. The van der Waals surface area contributed by atoms with Crippen molar-refractivity contribution in [2.75, 3.05) is 0 Å². The average molecular weight is 842 g/mol. The number of carboxylic acid groups (broad SMARTS) is 1. The van der Waals surface area contributed by atoms with Crippen molar-refractivity contribution in [2.45, 2.75) is 88.8 Å². The second kappa shape index (κ2) is 11.5. The molecule has 0 bridgehead atoms. The van der Waals surface area contributed by atoms with Crippen LogP contribution < -0.4 is 0 Å². The van der Waals surface area contributed by atoms with E-state index in [2.05, 4.69) is 0 Å². The predicted molar refractivity (Wildman–Crippen MR) is 88.0 cm³/mol. The number of hydrogen-bond donors (Lipinski definition) is 1. The molecule has 304 valence electrons. The molecule has 0 aromatic heterocycles. The van der Waals surface area contributed by atoms with E-state index in [-0.39, 0.29) is 0 Å². The van der Waals surface area contributed by atoms with Crippen LogP contribution in [-0.2, 0) is 9.59 Å². The summed E-state index contributed by atoms with van der Waals surface area (Å²) in [4.78, 5) is 19.7. The van der Waals surface area contributed by atoms with Gasteiger partial charge in [-0.25, -0.2) is 4.79 Å². The molecule has 0 aromatic carbocycles. The molecule has 0 saturated carbocycles. The molecule has 0 heterocycles. The van der Waals surface area contributed by atoms with Gasteiger partial charge in [0.05, 0.1) is 0 Å². The van der Waals surface area contributed by atoms with Crippen LogP contribution in [0.5, 0.6) is 0 Å². The van der Waals surface area contributed by atoms with Crippen molar-refractivity contribution in [3.8, 4) is 0 Å². The lowest BCUT2D eigenvalue weighted by atomic mass is 9.82. The van der Waals surface area contributed by atoms with Crippen molar-refractivity contribution in [2.24, 2.45) is 0 Å². The van der Waals surface area contributed by atoms with Gasteiger partial charge in [-0.05, 0) is 0 Å². The van der Waals surface area contributed by atoms with Crippen molar-refractivity contribution < 1.29 is 151 Å². The Labute approximate surface area is 253 Å². The summed E-state index contributed by atoms with van der Waals surface area (Å²) in [5.41, 5.74) is 0. The van der Waals surface area contributed by atoms with Crippen LogP contribution in [0.3, 0.4) is 0 Å². The molecule has 0 atom stereocenters. The Balaban J connectivity index is 7.73. The molecule has 0 aromatic rings. The Morgan fingerprint density at radius 3 is 0.490 bits per heavy atom. The summed E-state index contributed by atoms with van der Waals surface area (Å²) in [6, 6.07) is -5.32. The van der Waals surface area contributed by atoms with Gasteiger partial charge < -0.3 is 5.11 Å². The van der Waals surface area contributed by atoms with Crippen molar-refractivity contribution in [3.05, 3.63) is 0 Å². The molecular formula is C17HF31O3. The molecule has 51 heavy (non-hydrogen) atoms. The molecule has 0 aliphatic rings. The topological polar surface area (TPSA) is 54.4 Å². The molecule has 1 N–H and O–H groups in total. The second-order valence-corrected chi connectivity index (χ2v) is 9.19. The minimum Gasteiger partial charge on any atom is -0.477 e. The molecule has 0 rings (SSSR count). The van der Waals surface area contributed by atoms with Crippen LogP contribution in [0.15, 0.2) is 0 Å². The van der Waals surface area contributed by atoms with E-state index in [0.29, 0.717) is 0 Å². The monoisotopic (exact) mass is 842 g/mol. The summed E-state index contributed by atoms with van der Waals surface area (Å²) in [7, 11) is 0. The van der Waals surface area contributed by atoms with Crippen molar-refractivity contribution >= 4 is 12.0 Å². The Hall–Kier alpha value is -3.03. The first kappa shape index (κ1) is 48.0. The van der Waals surface area contributed by atoms with E-state index >= 15 is 0 Å². The smallest absolute Gasteiger partial charge is 0.410 e. The maximum Gasteiger partial charge on any atom is 0.410 e. The molecule has 3 nitrogen and oxygen atoms in total. The highest BCUT2D eigenvalue weighted by molar-refractivity contribution is 5.78. The highest BCUT2D eigenvalue weighted by Gasteiger charge is 3.01. The fraction of sp³-hybridized carbons (Fsp3) is 0.882. The first-order valence-corrected chi connectivity index (χ1v) is 10.5. The lowest BCUT2D eigenvalue weighted by molar-refractivity contribution is -0.486. The Kier molecular flexibility index (Phi) is 10.8. The quantitative estimate of drug-likeness (QED) is 0.125. The molecule has 0 aliphatic heterocycles. The van der Waals surface area contributed by atoms with Crippen LogP contribution in [0.25, 0.3) is 0 Å². The molecule has 0 saturated heterocycles. The van der Waals surface area contributed by atoms with Gasteiger partial charge >= 0.3 is 101 Å². The lowest BCUT2D eigenvalue weighted by Crippen LogP contribution is -2.79. The van der Waals surface area contributed by atoms with Crippen molar-refractivity contribution in [1.82, 2.24) is 0 Å². The lowest BCUT2D eigenvalue weighted by Gasteiger charge is -2.46. The van der Waals surface area contributed by atoms with Gasteiger partial charge in [-0.3, -0.25) is 4.79 Å². The van der Waals surface area contributed by atoms with Crippen LogP contribution in [-0.4, -0.2) is 106 Å². The van der Waals surface area contributed by atoms with Gasteiger partial charge in [0.15, 0.2) is 0 Å². The molecule has 0 aliphatic carbocycles. The molecule has 0 amide bonds. The minimum atomic E-state index is -10.2. The summed E-state index contributed by atoms with van der Waals surface area (Å²) in [5.74, 6) is -148. The Morgan fingerprint density at radius 1 is 0.255 bits per heavy atom. The van der Waals surface area contributed by atoms with Crippen LogP contribution in [0.1, 0.15) is 0 Å². The number of carboxylic acids is 1. The number of hydrogen-bond acceptors (Lipinski definition) is 2. The van der Waals surface area contributed by atoms with Gasteiger partial charge in [0.2, 0.25) is 0 Å². The third kappa shape index (κ3) is 5.21. The third-order valence-corrected chi connectivity index (χ3v) is 6.04. The number of carbonyl (C=O) groups excluding carboxylic acids is 1. The molecule has 0 radical (unpaired) electrons. The number of alkyl halides is 30. The maximum atomic E-state index is 13.8. The zero-order chi connectivity index (χ0) is 42.7. The van der Waals surface area contributed by atoms with Gasteiger partial charge in [-0.15, -0.1) is 0 Å². The van der Waals surface area contributed by atoms with E-state index in [0.717, 1.165) is 0 Å². The largest absolute Gasteiger partial charge is 0.477 e. The van der Waals surface area contributed by atoms with Crippen molar-refractivity contribution in [1.29, 1.82) is 0 Å². The molecule has 0 unspecified atom stereocenters. The Morgan fingerprint density at radius 2 is 0.373 bits per heavy atom. The van der Waals surface area contributed by atoms with Gasteiger partial charge in [0, 0.05) is 0 Å². The zero-order valence-electron chi connectivity index (χ0n) is 21.5. The van der Waals surface area contributed by atoms with Gasteiger partial charge in [-0.2, -0.15) is 136 Å². The predicted octanol–water partition coefficient (Wildman–Crippen LogP) is 9.10. The van der Waals surface area contributed by atoms with E-state index in [1.54, 1.807) is 0 Å². The third-order valence-electron chi connectivity index (χ3n) is 6.04. The highest BCUT2D eigenvalue weighted by atomic mass is 19.4. The van der Waals surface area contributed by atoms with E-state index in [1.807, 2.05) is 0 Å². The zero-order valence-corrected chi connectivity index (χ0v) is 21.5. The second-order valence-electron chi connectivity index (χ2n) is 9.19. The summed E-state index contributed by atoms with van der Waals surface area (Å²) >= 11 is 0. The summed E-state index contributed by atoms with van der Waals surface area (Å²) in [6.45, 7) is 0. The van der Waals surface area contributed by atoms with E-state index in [1.165, 1.54) is 0 Å².